The maximum Gasteiger partial charge on any atom is 0.0730 e. The molecule has 0 fully saturated rings. The Bertz CT molecular complexity index is 253. The number of hydrogen-bond acceptors (Lipinski definition) is 3. The zero-order valence-electron chi connectivity index (χ0n) is 8.01. The first kappa shape index (κ1) is 11.2. The molecule has 0 aromatic carbocycles. The van der Waals surface area contributed by atoms with Crippen molar-refractivity contribution in [2.45, 2.75) is 13.5 Å². The molecule has 0 saturated heterocycles. The lowest BCUT2D eigenvalue weighted by Crippen LogP contribution is -2.24. The van der Waals surface area contributed by atoms with E-state index >= 15 is 0 Å². The van der Waals surface area contributed by atoms with Crippen LogP contribution in [0.4, 0.5) is 0 Å². The largest absolute Gasteiger partial charge is 0.329 e. The van der Waals surface area contributed by atoms with Gasteiger partial charge in [-0.3, -0.25) is 0 Å². The molecule has 0 unspecified atom stereocenters. The van der Waals surface area contributed by atoms with Gasteiger partial charge in [-0.1, -0.05) is 0 Å². The molecule has 1 aromatic heterocycles. The Balaban J connectivity index is 2.53. The summed E-state index contributed by atoms with van der Waals surface area (Å²) in [4.78, 5) is 3.62. The number of hydrogen-bond donors (Lipinski definition) is 1. The van der Waals surface area contributed by atoms with Crippen LogP contribution < -0.4 is 5.73 Å². The normalized spacial score (nSPS) is 11.2. The number of likely N-dealkylation sites (N-methyl/N-ethyl adjacent to an activating group) is 1. The molecule has 1 rings (SSSR count). The van der Waals surface area contributed by atoms with E-state index < -0.39 is 0 Å². The zero-order chi connectivity index (χ0) is 9.84. The predicted molar refractivity (Wildman–Crippen MR) is 62.1 cm³/mol. The van der Waals surface area contributed by atoms with Crippen LogP contribution in [0.2, 0.25) is 0 Å². The third kappa shape index (κ3) is 3.38. The molecular formula is C9H15BrN2S. The van der Waals surface area contributed by atoms with Crippen LogP contribution >= 0.6 is 27.3 Å². The van der Waals surface area contributed by atoms with Gasteiger partial charge in [-0.2, -0.15) is 0 Å². The van der Waals surface area contributed by atoms with Gasteiger partial charge in [0.1, 0.15) is 0 Å². The van der Waals surface area contributed by atoms with Crippen molar-refractivity contribution in [3.63, 3.8) is 0 Å². The Morgan fingerprint density at radius 1 is 1.62 bits per heavy atom. The van der Waals surface area contributed by atoms with Gasteiger partial charge in [-0.15, -0.1) is 11.3 Å². The molecular weight excluding hydrogens is 248 g/mol. The van der Waals surface area contributed by atoms with Gasteiger partial charge in [0, 0.05) is 24.5 Å². The number of rotatable bonds is 4. The lowest BCUT2D eigenvalue weighted by atomic mass is 10.3. The fourth-order valence-electron chi connectivity index (χ4n) is 1.17. The van der Waals surface area contributed by atoms with Crippen molar-refractivity contribution in [1.29, 1.82) is 0 Å². The highest BCUT2D eigenvalue weighted by molar-refractivity contribution is 9.11. The van der Waals surface area contributed by atoms with E-state index in [-0.39, 0.29) is 0 Å². The van der Waals surface area contributed by atoms with Crippen molar-refractivity contribution in [2.75, 3.05) is 20.1 Å². The summed E-state index contributed by atoms with van der Waals surface area (Å²) in [6.07, 6.45) is 0. The van der Waals surface area contributed by atoms with Crippen LogP contribution in [-0.4, -0.2) is 25.0 Å². The van der Waals surface area contributed by atoms with Crippen LogP contribution in [0, 0.1) is 6.92 Å². The van der Waals surface area contributed by atoms with Crippen molar-refractivity contribution < 1.29 is 0 Å². The molecule has 2 N–H and O–H groups in total. The number of aryl methyl sites for hydroxylation is 1. The van der Waals surface area contributed by atoms with Crippen LogP contribution in [0.1, 0.15) is 10.4 Å². The summed E-state index contributed by atoms with van der Waals surface area (Å²) in [5.74, 6) is 0. The molecule has 13 heavy (non-hydrogen) atoms. The molecule has 0 atom stereocenters. The van der Waals surface area contributed by atoms with E-state index in [4.69, 9.17) is 5.73 Å². The van der Waals surface area contributed by atoms with E-state index in [0.29, 0.717) is 0 Å². The maximum absolute atomic E-state index is 5.47. The maximum atomic E-state index is 5.47. The Hall–Kier alpha value is 0.100. The first-order valence-corrected chi connectivity index (χ1v) is 5.88. The molecule has 0 amide bonds. The SMILES string of the molecule is Cc1cc(CN(C)CCN)sc1Br. The molecule has 0 aliphatic heterocycles. The van der Waals surface area contributed by atoms with Gasteiger partial charge in [-0.25, -0.2) is 0 Å². The number of nitrogens with zero attached hydrogens (tertiary/aromatic N) is 1. The second-order valence-electron chi connectivity index (χ2n) is 3.20. The first-order chi connectivity index (χ1) is 6.13. The third-order valence-corrected chi connectivity index (χ3v) is 3.97. The van der Waals surface area contributed by atoms with Crippen molar-refractivity contribution >= 4 is 27.3 Å². The lowest BCUT2D eigenvalue weighted by molar-refractivity contribution is 0.339. The van der Waals surface area contributed by atoms with Crippen molar-refractivity contribution in [3.8, 4) is 0 Å². The summed E-state index contributed by atoms with van der Waals surface area (Å²) in [5.41, 5.74) is 6.79. The minimum absolute atomic E-state index is 0.724. The van der Waals surface area contributed by atoms with Gasteiger partial charge in [-0.05, 0) is 41.5 Å². The minimum Gasteiger partial charge on any atom is -0.329 e. The van der Waals surface area contributed by atoms with Crippen LogP contribution in [0.5, 0.6) is 0 Å². The lowest BCUT2D eigenvalue weighted by Gasteiger charge is -2.13. The van der Waals surface area contributed by atoms with Crippen LogP contribution in [0.3, 0.4) is 0 Å². The molecule has 4 heteroatoms. The molecule has 0 radical (unpaired) electrons. The smallest absolute Gasteiger partial charge is 0.0730 e. The van der Waals surface area contributed by atoms with Gasteiger partial charge in [0.05, 0.1) is 3.79 Å². The van der Waals surface area contributed by atoms with E-state index in [0.717, 1.165) is 19.6 Å². The monoisotopic (exact) mass is 262 g/mol. The standard InChI is InChI=1S/C9H15BrN2S/c1-7-5-8(13-9(7)10)6-12(2)4-3-11/h5H,3-4,6,11H2,1-2H3. The molecule has 2 nitrogen and oxygen atoms in total. The molecule has 0 bridgehead atoms. The quantitative estimate of drug-likeness (QED) is 0.902. The highest BCUT2D eigenvalue weighted by atomic mass is 79.9. The minimum atomic E-state index is 0.724. The fourth-order valence-corrected chi connectivity index (χ4v) is 2.88. The summed E-state index contributed by atoms with van der Waals surface area (Å²) >= 11 is 5.32. The van der Waals surface area contributed by atoms with E-state index in [1.807, 2.05) is 0 Å². The van der Waals surface area contributed by atoms with E-state index in [2.05, 4.69) is 40.9 Å². The molecule has 0 spiro atoms. The first-order valence-electron chi connectivity index (χ1n) is 4.27. The second-order valence-corrected chi connectivity index (χ2v) is 5.65. The summed E-state index contributed by atoms with van der Waals surface area (Å²) in [5, 5.41) is 0. The molecule has 1 aromatic rings. The number of halogens is 1. The van der Waals surface area contributed by atoms with Gasteiger partial charge < -0.3 is 10.6 Å². The average Bonchev–Trinajstić information content (AvgIpc) is 2.31. The molecule has 74 valence electrons. The molecule has 0 aliphatic rings. The van der Waals surface area contributed by atoms with Crippen LogP contribution in [0.15, 0.2) is 9.85 Å². The van der Waals surface area contributed by atoms with Crippen LogP contribution in [0.25, 0.3) is 0 Å². The Morgan fingerprint density at radius 3 is 2.77 bits per heavy atom. The second kappa shape index (κ2) is 5.10. The molecule has 0 aliphatic carbocycles. The zero-order valence-corrected chi connectivity index (χ0v) is 10.4. The van der Waals surface area contributed by atoms with E-state index in [9.17, 15) is 0 Å². The molecule has 0 saturated carbocycles. The van der Waals surface area contributed by atoms with Gasteiger partial charge in [0.15, 0.2) is 0 Å². The van der Waals surface area contributed by atoms with E-state index in [1.165, 1.54) is 14.2 Å². The topological polar surface area (TPSA) is 29.3 Å². The van der Waals surface area contributed by atoms with Crippen molar-refractivity contribution in [3.05, 3.63) is 20.3 Å². The number of nitrogens with two attached hydrogens (primary N) is 1. The van der Waals surface area contributed by atoms with E-state index in [1.54, 1.807) is 11.3 Å². The Labute approximate surface area is 91.9 Å². The van der Waals surface area contributed by atoms with Crippen LogP contribution in [-0.2, 0) is 6.54 Å². The number of thiophene rings is 1. The van der Waals surface area contributed by atoms with Crippen molar-refractivity contribution in [2.24, 2.45) is 5.73 Å². The average molecular weight is 263 g/mol. The molecule has 1 heterocycles. The summed E-state index contributed by atoms with van der Waals surface area (Å²) in [6, 6.07) is 2.22. The Kier molecular flexibility index (Phi) is 4.38. The highest BCUT2D eigenvalue weighted by Crippen LogP contribution is 2.27. The van der Waals surface area contributed by atoms with Gasteiger partial charge >= 0.3 is 0 Å². The Morgan fingerprint density at radius 2 is 2.31 bits per heavy atom. The predicted octanol–water partition coefficient (Wildman–Crippen LogP) is 2.21. The van der Waals surface area contributed by atoms with Crippen molar-refractivity contribution in [1.82, 2.24) is 4.90 Å². The summed E-state index contributed by atoms with van der Waals surface area (Å²) in [7, 11) is 2.09. The van der Waals surface area contributed by atoms with Gasteiger partial charge in [0.2, 0.25) is 0 Å². The summed E-state index contributed by atoms with van der Waals surface area (Å²) in [6.45, 7) is 4.79. The summed E-state index contributed by atoms with van der Waals surface area (Å²) < 4.78 is 1.24. The van der Waals surface area contributed by atoms with Gasteiger partial charge in [0.25, 0.3) is 0 Å². The third-order valence-electron chi connectivity index (χ3n) is 1.84. The fraction of sp³-hybridized carbons (Fsp3) is 0.556. The highest BCUT2D eigenvalue weighted by Gasteiger charge is 2.04.